The van der Waals surface area contributed by atoms with Crippen molar-refractivity contribution in [1.29, 1.82) is 0 Å². The van der Waals surface area contributed by atoms with E-state index >= 15 is 0 Å². The number of hydrogen-bond donors (Lipinski definition) is 2. The number of nitrogens with zero attached hydrogens (tertiary/aromatic N) is 2. The highest BCUT2D eigenvalue weighted by Crippen LogP contribution is 2.22. The highest BCUT2D eigenvalue weighted by Gasteiger charge is 2.35. The minimum atomic E-state index is -4.34. The number of hydrogen-bond acceptors (Lipinski definition) is 4. The van der Waals surface area contributed by atoms with Crippen LogP contribution in [0.4, 0.5) is 13.2 Å². The van der Waals surface area contributed by atoms with Crippen LogP contribution in [0.3, 0.4) is 0 Å². The van der Waals surface area contributed by atoms with Crippen LogP contribution in [0.25, 0.3) is 0 Å². The molecular weight excluding hydrogens is 235 g/mol. The molecule has 0 aliphatic carbocycles. The molecule has 2 N–H and O–H groups in total. The standard InChI is InChI=1S/C10H14F3N3O/c1-7-8(15-4-3-14-7)9(2,6-17)16-5-10(11,12)13/h3-4,16-17H,5-6H2,1-2H3. The van der Waals surface area contributed by atoms with E-state index in [0.29, 0.717) is 11.4 Å². The minimum absolute atomic E-state index is 0.312. The number of alkyl halides is 3. The molecule has 7 heteroatoms. The second-order valence-corrected chi connectivity index (χ2v) is 3.95. The summed E-state index contributed by atoms with van der Waals surface area (Å²) in [7, 11) is 0. The van der Waals surface area contributed by atoms with Crippen LogP contribution in [0.5, 0.6) is 0 Å². The fraction of sp³-hybridized carbons (Fsp3) is 0.600. The Kier molecular flexibility index (Phi) is 4.05. The third-order valence-corrected chi connectivity index (χ3v) is 2.40. The molecule has 1 heterocycles. The Morgan fingerprint density at radius 1 is 1.29 bits per heavy atom. The number of aliphatic hydroxyl groups is 1. The summed E-state index contributed by atoms with van der Waals surface area (Å²) in [6, 6.07) is 0. The Morgan fingerprint density at radius 3 is 2.35 bits per heavy atom. The largest absolute Gasteiger partial charge is 0.401 e. The van der Waals surface area contributed by atoms with Gasteiger partial charge in [0.2, 0.25) is 0 Å². The third-order valence-electron chi connectivity index (χ3n) is 2.40. The summed E-state index contributed by atoms with van der Waals surface area (Å²) in [5.74, 6) is 0. The molecule has 1 unspecified atom stereocenters. The predicted octanol–water partition coefficient (Wildman–Crippen LogP) is 1.14. The Balaban J connectivity index is 2.93. The maximum Gasteiger partial charge on any atom is 0.401 e. The molecule has 0 amide bonds. The van der Waals surface area contributed by atoms with Gasteiger partial charge in [0.15, 0.2) is 0 Å². The molecule has 0 fully saturated rings. The molecule has 1 aromatic heterocycles. The van der Waals surface area contributed by atoms with Crippen LogP contribution in [0, 0.1) is 6.92 Å². The zero-order valence-electron chi connectivity index (χ0n) is 9.54. The van der Waals surface area contributed by atoms with Crippen molar-refractivity contribution in [2.75, 3.05) is 13.2 Å². The lowest BCUT2D eigenvalue weighted by atomic mass is 9.97. The van der Waals surface area contributed by atoms with Crippen LogP contribution >= 0.6 is 0 Å². The number of nitrogens with one attached hydrogen (secondary N) is 1. The van der Waals surface area contributed by atoms with Crippen LogP contribution in [-0.4, -0.2) is 34.4 Å². The average Bonchev–Trinajstić information content (AvgIpc) is 2.26. The van der Waals surface area contributed by atoms with Crippen LogP contribution < -0.4 is 5.32 Å². The first kappa shape index (κ1) is 13.9. The highest BCUT2D eigenvalue weighted by molar-refractivity contribution is 5.19. The van der Waals surface area contributed by atoms with Gasteiger partial charge in [-0.1, -0.05) is 0 Å². The lowest BCUT2D eigenvalue weighted by molar-refractivity contribution is -0.129. The molecule has 1 rings (SSSR count). The summed E-state index contributed by atoms with van der Waals surface area (Å²) in [6.07, 6.45) is -1.52. The maximum absolute atomic E-state index is 12.2. The van der Waals surface area contributed by atoms with Gasteiger partial charge in [0.05, 0.1) is 30.1 Å². The normalized spacial score (nSPS) is 15.6. The fourth-order valence-electron chi connectivity index (χ4n) is 1.46. The predicted molar refractivity (Wildman–Crippen MR) is 55.3 cm³/mol. The van der Waals surface area contributed by atoms with E-state index < -0.39 is 24.9 Å². The molecule has 0 aromatic carbocycles. The average molecular weight is 249 g/mol. The third kappa shape index (κ3) is 3.64. The van der Waals surface area contributed by atoms with Gasteiger partial charge in [0.1, 0.15) is 0 Å². The molecule has 0 saturated heterocycles. The smallest absolute Gasteiger partial charge is 0.394 e. The first-order valence-electron chi connectivity index (χ1n) is 4.99. The minimum Gasteiger partial charge on any atom is -0.394 e. The van der Waals surface area contributed by atoms with Crippen molar-refractivity contribution in [2.45, 2.75) is 25.6 Å². The molecule has 0 aliphatic heterocycles. The molecule has 0 bridgehead atoms. The van der Waals surface area contributed by atoms with E-state index in [1.165, 1.54) is 19.3 Å². The van der Waals surface area contributed by atoms with Crippen molar-refractivity contribution in [1.82, 2.24) is 15.3 Å². The van der Waals surface area contributed by atoms with Gasteiger partial charge in [-0.2, -0.15) is 13.2 Å². The first-order chi connectivity index (χ1) is 7.78. The second-order valence-electron chi connectivity index (χ2n) is 3.95. The van der Waals surface area contributed by atoms with Gasteiger partial charge in [-0.15, -0.1) is 0 Å². The van der Waals surface area contributed by atoms with E-state index in [-0.39, 0.29) is 0 Å². The molecule has 1 aromatic rings. The number of aromatic nitrogens is 2. The summed E-state index contributed by atoms with van der Waals surface area (Å²) < 4.78 is 36.5. The highest BCUT2D eigenvalue weighted by atomic mass is 19.4. The lowest BCUT2D eigenvalue weighted by Crippen LogP contribution is -2.48. The number of aryl methyl sites for hydroxylation is 1. The van der Waals surface area contributed by atoms with Crippen molar-refractivity contribution >= 4 is 0 Å². The summed E-state index contributed by atoms with van der Waals surface area (Å²) in [5, 5.41) is 11.5. The summed E-state index contributed by atoms with van der Waals surface area (Å²) in [6.45, 7) is 1.39. The van der Waals surface area contributed by atoms with E-state index in [4.69, 9.17) is 0 Å². The summed E-state index contributed by atoms with van der Waals surface area (Å²) in [4.78, 5) is 7.91. The lowest BCUT2D eigenvalue weighted by Gasteiger charge is -2.29. The van der Waals surface area contributed by atoms with Gasteiger partial charge in [-0.05, 0) is 13.8 Å². The van der Waals surface area contributed by atoms with E-state index in [1.54, 1.807) is 6.92 Å². The molecular formula is C10H14F3N3O. The van der Waals surface area contributed by atoms with Crippen molar-refractivity contribution in [3.8, 4) is 0 Å². The zero-order valence-corrected chi connectivity index (χ0v) is 9.54. The Hall–Kier alpha value is -1.21. The Morgan fingerprint density at radius 2 is 1.88 bits per heavy atom. The summed E-state index contributed by atoms with van der Waals surface area (Å²) >= 11 is 0. The van der Waals surface area contributed by atoms with Crippen molar-refractivity contribution in [2.24, 2.45) is 0 Å². The molecule has 17 heavy (non-hydrogen) atoms. The Labute approximate surface area is 96.9 Å². The molecule has 0 spiro atoms. The van der Waals surface area contributed by atoms with E-state index in [0.717, 1.165) is 0 Å². The van der Waals surface area contributed by atoms with E-state index in [9.17, 15) is 18.3 Å². The number of halogens is 3. The van der Waals surface area contributed by atoms with E-state index in [1.807, 2.05) is 0 Å². The van der Waals surface area contributed by atoms with Crippen LogP contribution in [0.2, 0.25) is 0 Å². The number of aliphatic hydroxyl groups excluding tert-OH is 1. The van der Waals surface area contributed by atoms with Gasteiger partial charge in [-0.3, -0.25) is 15.3 Å². The second kappa shape index (κ2) is 4.97. The van der Waals surface area contributed by atoms with Crippen molar-refractivity contribution in [3.05, 3.63) is 23.8 Å². The van der Waals surface area contributed by atoms with Crippen molar-refractivity contribution in [3.63, 3.8) is 0 Å². The van der Waals surface area contributed by atoms with Gasteiger partial charge in [0, 0.05) is 12.4 Å². The SMILES string of the molecule is Cc1nccnc1C(C)(CO)NCC(F)(F)F. The molecule has 96 valence electrons. The van der Waals surface area contributed by atoms with Crippen LogP contribution in [-0.2, 0) is 5.54 Å². The van der Waals surface area contributed by atoms with Crippen molar-refractivity contribution < 1.29 is 18.3 Å². The van der Waals surface area contributed by atoms with E-state index in [2.05, 4.69) is 15.3 Å². The van der Waals surface area contributed by atoms with Gasteiger partial charge < -0.3 is 5.11 Å². The first-order valence-corrected chi connectivity index (χ1v) is 4.99. The maximum atomic E-state index is 12.2. The molecule has 4 nitrogen and oxygen atoms in total. The van der Waals surface area contributed by atoms with Crippen LogP contribution in [0.15, 0.2) is 12.4 Å². The quantitative estimate of drug-likeness (QED) is 0.840. The fourth-order valence-corrected chi connectivity index (χ4v) is 1.46. The van der Waals surface area contributed by atoms with Crippen LogP contribution in [0.1, 0.15) is 18.3 Å². The van der Waals surface area contributed by atoms with Gasteiger partial charge in [0.25, 0.3) is 0 Å². The molecule has 0 saturated carbocycles. The molecule has 1 atom stereocenters. The topological polar surface area (TPSA) is 58.0 Å². The van der Waals surface area contributed by atoms with Gasteiger partial charge in [-0.25, -0.2) is 0 Å². The number of rotatable bonds is 4. The zero-order chi connectivity index (χ0) is 13.1. The molecule has 0 radical (unpaired) electrons. The summed E-state index contributed by atoms with van der Waals surface area (Å²) in [5.41, 5.74) is -0.459. The molecule has 0 aliphatic rings. The monoisotopic (exact) mass is 249 g/mol. The Bertz CT molecular complexity index is 383. The van der Waals surface area contributed by atoms with Gasteiger partial charge >= 0.3 is 6.18 Å².